The van der Waals surface area contributed by atoms with Gasteiger partial charge in [-0.25, -0.2) is 4.79 Å². The number of esters is 1. The number of ether oxygens (including phenoxy) is 1. The van der Waals surface area contributed by atoms with Gasteiger partial charge in [-0.3, -0.25) is 4.79 Å². The molecule has 0 bridgehead atoms. The molecule has 1 N–H and O–H groups in total. The second-order valence-electron chi connectivity index (χ2n) is 2.92. The molecule has 0 aliphatic rings. The summed E-state index contributed by atoms with van der Waals surface area (Å²) in [5.41, 5.74) is 0.255. The molecule has 1 aromatic rings. The van der Waals surface area contributed by atoms with Crippen LogP contribution in [0.5, 0.6) is 0 Å². The van der Waals surface area contributed by atoms with Gasteiger partial charge in [0.1, 0.15) is 0 Å². The van der Waals surface area contributed by atoms with Gasteiger partial charge in [0.25, 0.3) is 0 Å². The molecule has 1 aromatic heterocycles. The van der Waals surface area contributed by atoms with Crippen molar-refractivity contribution in [2.75, 3.05) is 6.61 Å². The normalized spacial score (nSPS) is 10.6. The van der Waals surface area contributed by atoms with Gasteiger partial charge in [0.15, 0.2) is 0 Å². The molecular weight excluding hydrogens is 228 g/mol. The summed E-state index contributed by atoms with van der Waals surface area (Å²) in [7, 11) is 0. The van der Waals surface area contributed by atoms with Gasteiger partial charge in [-0.1, -0.05) is 6.08 Å². The number of hydrogen-bond acceptors (Lipinski definition) is 4. The van der Waals surface area contributed by atoms with Gasteiger partial charge in [0.05, 0.1) is 18.6 Å². The standard InChI is InChI=1S/C11H12O4S/c1-2-15-10(12)5-3-4-9-8(11(13)14)6-7-16-9/h3-4,6-7H,2,5H2,1H3,(H,13,14). The van der Waals surface area contributed by atoms with Crippen LogP contribution in [-0.2, 0) is 9.53 Å². The molecule has 0 fully saturated rings. The average Bonchev–Trinajstić information content (AvgIpc) is 2.66. The van der Waals surface area contributed by atoms with Gasteiger partial charge >= 0.3 is 11.9 Å². The van der Waals surface area contributed by atoms with E-state index in [1.807, 2.05) is 0 Å². The van der Waals surface area contributed by atoms with Gasteiger partial charge in [0, 0.05) is 4.88 Å². The molecule has 4 nitrogen and oxygen atoms in total. The first-order chi connectivity index (χ1) is 7.65. The molecule has 0 aliphatic carbocycles. The third kappa shape index (κ3) is 3.51. The molecule has 0 spiro atoms. The van der Waals surface area contributed by atoms with Crippen molar-refractivity contribution >= 4 is 29.4 Å². The van der Waals surface area contributed by atoms with Gasteiger partial charge in [-0.05, 0) is 24.4 Å². The van der Waals surface area contributed by atoms with E-state index in [2.05, 4.69) is 0 Å². The van der Waals surface area contributed by atoms with Crippen LogP contribution in [-0.4, -0.2) is 23.7 Å². The summed E-state index contributed by atoms with van der Waals surface area (Å²) in [4.78, 5) is 22.4. The summed E-state index contributed by atoms with van der Waals surface area (Å²) in [5.74, 6) is -1.27. The van der Waals surface area contributed by atoms with E-state index in [9.17, 15) is 9.59 Å². The highest BCUT2D eigenvalue weighted by atomic mass is 32.1. The van der Waals surface area contributed by atoms with Crippen molar-refractivity contribution in [3.05, 3.63) is 28.0 Å². The molecule has 1 heterocycles. The maximum Gasteiger partial charge on any atom is 0.337 e. The first-order valence-corrected chi connectivity index (χ1v) is 5.66. The van der Waals surface area contributed by atoms with Crippen molar-refractivity contribution in [3.8, 4) is 0 Å². The Hall–Kier alpha value is -1.62. The second kappa shape index (κ2) is 6.07. The predicted molar refractivity (Wildman–Crippen MR) is 61.6 cm³/mol. The number of aromatic carboxylic acids is 1. The lowest BCUT2D eigenvalue weighted by Crippen LogP contribution is -2.01. The minimum absolute atomic E-state index is 0.158. The Morgan fingerprint density at radius 1 is 1.56 bits per heavy atom. The highest BCUT2D eigenvalue weighted by molar-refractivity contribution is 7.11. The lowest BCUT2D eigenvalue weighted by molar-refractivity contribution is -0.142. The van der Waals surface area contributed by atoms with E-state index in [-0.39, 0.29) is 18.0 Å². The third-order valence-electron chi connectivity index (χ3n) is 1.78. The zero-order chi connectivity index (χ0) is 12.0. The van der Waals surface area contributed by atoms with Crippen LogP contribution in [0.3, 0.4) is 0 Å². The van der Waals surface area contributed by atoms with Gasteiger partial charge in [-0.15, -0.1) is 11.3 Å². The lowest BCUT2D eigenvalue weighted by atomic mass is 10.2. The molecule has 0 radical (unpaired) electrons. The Morgan fingerprint density at radius 2 is 2.31 bits per heavy atom. The Morgan fingerprint density at radius 3 is 2.94 bits per heavy atom. The Kier molecular flexibility index (Phi) is 4.72. The predicted octanol–water partition coefficient (Wildman–Crippen LogP) is 2.41. The highest BCUT2D eigenvalue weighted by Crippen LogP contribution is 2.18. The number of thiophene rings is 1. The molecular formula is C11H12O4S. The monoisotopic (exact) mass is 240 g/mol. The van der Waals surface area contributed by atoms with E-state index in [0.717, 1.165) is 0 Å². The Bertz CT molecular complexity index is 406. The lowest BCUT2D eigenvalue weighted by Gasteiger charge is -1.96. The van der Waals surface area contributed by atoms with Crippen LogP contribution in [0.2, 0.25) is 0 Å². The van der Waals surface area contributed by atoms with Crippen molar-refractivity contribution in [1.29, 1.82) is 0 Å². The Labute approximate surface area is 97.2 Å². The van der Waals surface area contributed by atoms with Gasteiger partial charge in [0.2, 0.25) is 0 Å². The summed E-state index contributed by atoms with van der Waals surface area (Å²) < 4.78 is 4.74. The summed E-state index contributed by atoms with van der Waals surface area (Å²) in [5, 5.41) is 10.5. The summed E-state index contributed by atoms with van der Waals surface area (Å²) >= 11 is 1.32. The molecule has 16 heavy (non-hydrogen) atoms. The van der Waals surface area contributed by atoms with Crippen LogP contribution in [0, 0.1) is 0 Å². The van der Waals surface area contributed by atoms with Crippen molar-refractivity contribution in [1.82, 2.24) is 0 Å². The largest absolute Gasteiger partial charge is 0.478 e. The number of hydrogen-bond donors (Lipinski definition) is 1. The van der Waals surface area contributed by atoms with E-state index in [4.69, 9.17) is 9.84 Å². The van der Waals surface area contributed by atoms with E-state index >= 15 is 0 Å². The van der Waals surface area contributed by atoms with Crippen LogP contribution in [0.15, 0.2) is 17.5 Å². The number of carbonyl (C=O) groups is 2. The molecule has 0 aliphatic heterocycles. The van der Waals surface area contributed by atoms with Crippen molar-refractivity contribution < 1.29 is 19.4 Å². The first kappa shape index (κ1) is 12.4. The number of carbonyl (C=O) groups excluding carboxylic acids is 1. The fraction of sp³-hybridized carbons (Fsp3) is 0.273. The fourth-order valence-corrected chi connectivity index (χ4v) is 1.92. The van der Waals surface area contributed by atoms with E-state index in [1.54, 1.807) is 24.5 Å². The van der Waals surface area contributed by atoms with Crippen LogP contribution < -0.4 is 0 Å². The Balaban J connectivity index is 2.59. The molecule has 1 rings (SSSR count). The third-order valence-corrected chi connectivity index (χ3v) is 2.67. The molecule has 0 amide bonds. The minimum atomic E-state index is -0.961. The average molecular weight is 240 g/mol. The van der Waals surface area contributed by atoms with Crippen molar-refractivity contribution in [2.45, 2.75) is 13.3 Å². The van der Waals surface area contributed by atoms with Gasteiger partial charge < -0.3 is 9.84 Å². The van der Waals surface area contributed by atoms with E-state index in [0.29, 0.717) is 11.5 Å². The number of rotatable bonds is 5. The zero-order valence-corrected chi connectivity index (χ0v) is 9.62. The maximum atomic E-state index is 11.0. The zero-order valence-electron chi connectivity index (χ0n) is 8.80. The molecule has 0 unspecified atom stereocenters. The van der Waals surface area contributed by atoms with E-state index < -0.39 is 5.97 Å². The summed E-state index contributed by atoms with van der Waals surface area (Å²) in [6.45, 7) is 2.09. The highest BCUT2D eigenvalue weighted by Gasteiger charge is 2.08. The van der Waals surface area contributed by atoms with Crippen molar-refractivity contribution in [2.24, 2.45) is 0 Å². The second-order valence-corrected chi connectivity index (χ2v) is 3.86. The van der Waals surface area contributed by atoms with Crippen molar-refractivity contribution in [3.63, 3.8) is 0 Å². The van der Waals surface area contributed by atoms with E-state index in [1.165, 1.54) is 17.4 Å². The molecule has 0 aromatic carbocycles. The smallest absolute Gasteiger partial charge is 0.337 e. The molecule has 0 atom stereocenters. The SMILES string of the molecule is CCOC(=O)CC=Cc1sccc1C(=O)O. The van der Waals surface area contributed by atoms with Crippen LogP contribution in [0.1, 0.15) is 28.6 Å². The molecule has 0 saturated heterocycles. The first-order valence-electron chi connectivity index (χ1n) is 4.78. The van der Waals surface area contributed by atoms with Crippen LogP contribution in [0.4, 0.5) is 0 Å². The summed E-state index contributed by atoms with van der Waals surface area (Å²) in [6.07, 6.45) is 3.39. The summed E-state index contributed by atoms with van der Waals surface area (Å²) in [6, 6.07) is 1.54. The maximum absolute atomic E-state index is 11.0. The van der Waals surface area contributed by atoms with Crippen LogP contribution >= 0.6 is 11.3 Å². The number of carboxylic acids is 1. The molecule has 5 heteroatoms. The quantitative estimate of drug-likeness (QED) is 0.803. The molecule has 0 saturated carbocycles. The van der Waals surface area contributed by atoms with Crippen LogP contribution in [0.25, 0.3) is 6.08 Å². The van der Waals surface area contributed by atoms with Gasteiger partial charge in [-0.2, -0.15) is 0 Å². The topological polar surface area (TPSA) is 63.6 Å². The fourth-order valence-electron chi connectivity index (χ4n) is 1.11. The molecule has 86 valence electrons. The number of carboxylic acid groups (broad SMARTS) is 1. The minimum Gasteiger partial charge on any atom is -0.478 e.